The molecule has 0 aromatic heterocycles. The van der Waals surface area contributed by atoms with E-state index in [4.69, 9.17) is 0 Å². The van der Waals surface area contributed by atoms with E-state index in [1.165, 1.54) is 7.05 Å². The van der Waals surface area contributed by atoms with Crippen LogP contribution in [0.5, 0.6) is 0 Å². The van der Waals surface area contributed by atoms with Gasteiger partial charge in [0.15, 0.2) is 5.78 Å². The molecule has 0 aliphatic carbocycles. The number of ketones is 1. The first-order valence-corrected chi connectivity index (χ1v) is 8.86. The Balaban J connectivity index is 2.35. The molecule has 0 bridgehead atoms. The number of imide groups is 2. The molecule has 4 amide bonds. The Kier molecular flexibility index (Phi) is 5.35. The summed E-state index contributed by atoms with van der Waals surface area (Å²) in [7, 11) is 1.36. The molecular weight excluding hydrogens is 332 g/mol. The van der Waals surface area contributed by atoms with Gasteiger partial charge in [0.25, 0.3) is 0 Å². The Morgan fingerprint density at radius 1 is 1.00 bits per heavy atom. The molecule has 1 fully saturated rings. The molecule has 6 nitrogen and oxygen atoms in total. The van der Waals surface area contributed by atoms with Gasteiger partial charge in [0.1, 0.15) is 5.41 Å². The average Bonchev–Trinajstić information content (AvgIpc) is 2.65. The lowest BCUT2D eigenvalue weighted by Gasteiger charge is -2.42. The first-order chi connectivity index (χ1) is 12.1. The van der Waals surface area contributed by atoms with Gasteiger partial charge >= 0.3 is 6.03 Å². The number of barbiturate groups is 1. The van der Waals surface area contributed by atoms with Gasteiger partial charge in [0.2, 0.25) is 11.8 Å². The molecule has 0 unspecified atom stereocenters. The van der Waals surface area contributed by atoms with Crippen LogP contribution in [0.2, 0.25) is 0 Å². The lowest BCUT2D eigenvalue weighted by atomic mass is 9.77. The highest BCUT2D eigenvalue weighted by Crippen LogP contribution is 2.36. The van der Waals surface area contributed by atoms with Gasteiger partial charge in [-0.2, -0.15) is 0 Å². The molecule has 140 valence electrons. The van der Waals surface area contributed by atoms with Gasteiger partial charge in [-0.3, -0.25) is 24.2 Å². The minimum Gasteiger partial charge on any atom is -0.297 e. The van der Waals surface area contributed by atoms with Crippen molar-refractivity contribution < 1.29 is 19.2 Å². The lowest BCUT2D eigenvalue weighted by Crippen LogP contribution is -2.65. The summed E-state index contributed by atoms with van der Waals surface area (Å²) in [6, 6.07) is 8.49. The summed E-state index contributed by atoms with van der Waals surface area (Å²) in [5.74, 6) is -1.33. The second kappa shape index (κ2) is 7.02. The first kappa shape index (κ1) is 19.8. The number of carbonyl (C=O) groups is 4. The SMILES string of the molecule is CCC1(CC)C(=O)N(C)C(=O)N(CC(=O)C(C)(C)c2ccccc2)C1=O. The number of Topliss-reactive ketones (excluding diaryl/α,β-unsaturated/α-hetero) is 1. The number of amides is 4. The highest BCUT2D eigenvalue weighted by molar-refractivity contribution is 6.20. The molecule has 0 N–H and O–H groups in total. The molecule has 1 saturated heterocycles. The molecule has 1 aliphatic heterocycles. The van der Waals surface area contributed by atoms with Gasteiger partial charge < -0.3 is 0 Å². The number of rotatable bonds is 6. The largest absolute Gasteiger partial charge is 0.333 e. The van der Waals surface area contributed by atoms with Crippen molar-refractivity contribution in [2.45, 2.75) is 46.0 Å². The van der Waals surface area contributed by atoms with E-state index in [1.807, 2.05) is 30.3 Å². The maximum Gasteiger partial charge on any atom is 0.333 e. The van der Waals surface area contributed by atoms with Crippen LogP contribution >= 0.6 is 0 Å². The van der Waals surface area contributed by atoms with Gasteiger partial charge in [0, 0.05) is 7.05 Å². The first-order valence-electron chi connectivity index (χ1n) is 8.86. The van der Waals surface area contributed by atoms with Crippen molar-refractivity contribution in [2.24, 2.45) is 5.41 Å². The van der Waals surface area contributed by atoms with Crippen LogP contribution in [-0.2, 0) is 19.8 Å². The van der Waals surface area contributed by atoms with E-state index in [-0.39, 0.29) is 25.2 Å². The highest BCUT2D eigenvalue weighted by atomic mass is 16.2. The summed E-state index contributed by atoms with van der Waals surface area (Å²) in [4.78, 5) is 52.9. The Morgan fingerprint density at radius 2 is 1.54 bits per heavy atom. The van der Waals surface area contributed by atoms with Crippen LogP contribution in [0.15, 0.2) is 30.3 Å². The fraction of sp³-hybridized carbons (Fsp3) is 0.500. The maximum absolute atomic E-state index is 13.0. The minimum atomic E-state index is -1.28. The third-order valence-corrected chi connectivity index (χ3v) is 5.59. The Bertz CT molecular complexity index is 735. The number of hydrogen-bond acceptors (Lipinski definition) is 4. The van der Waals surface area contributed by atoms with Crippen LogP contribution in [0.1, 0.15) is 46.1 Å². The van der Waals surface area contributed by atoms with Crippen LogP contribution in [0.4, 0.5) is 4.79 Å². The summed E-state index contributed by atoms with van der Waals surface area (Å²) < 4.78 is 0. The van der Waals surface area contributed by atoms with Crippen molar-refractivity contribution in [1.82, 2.24) is 9.80 Å². The standard InChI is InChI=1S/C20H26N2O4/c1-6-20(7-2)16(24)21(5)18(26)22(17(20)25)13-15(23)19(3,4)14-11-9-8-10-12-14/h8-12H,6-7,13H2,1-5H3. The zero-order chi connectivity index (χ0) is 19.7. The van der Waals surface area contributed by atoms with Crippen LogP contribution in [0.25, 0.3) is 0 Å². The molecule has 2 rings (SSSR count). The summed E-state index contributed by atoms with van der Waals surface area (Å²) in [5.41, 5.74) is -1.33. The Hall–Kier alpha value is -2.50. The number of benzene rings is 1. The summed E-state index contributed by atoms with van der Waals surface area (Å²) in [5, 5.41) is 0. The second-order valence-electron chi connectivity index (χ2n) is 7.24. The van der Waals surface area contributed by atoms with Crippen LogP contribution < -0.4 is 0 Å². The van der Waals surface area contributed by atoms with E-state index >= 15 is 0 Å². The van der Waals surface area contributed by atoms with Crippen molar-refractivity contribution in [3.8, 4) is 0 Å². The van der Waals surface area contributed by atoms with Gasteiger partial charge in [-0.1, -0.05) is 44.2 Å². The topological polar surface area (TPSA) is 74.8 Å². The molecule has 0 atom stereocenters. The van der Waals surface area contributed by atoms with Crippen molar-refractivity contribution in [1.29, 1.82) is 0 Å². The fourth-order valence-corrected chi connectivity index (χ4v) is 3.38. The third kappa shape index (κ3) is 2.93. The molecule has 0 spiro atoms. The second-order valence-corrected chi connectivity index (χ2v) is 7.24. The molecular formula is C20H26N2O4. The van der Waals surface area contributed by atoms with Crippen LogP contribution in [0.3, 0.4) is 0 Å². The molecule has 26 heavy (non-hydrogen) atoms. The predicted molar refractivity (Wildman–Crippen MR) is 97.4 cm³/mol. The highest BCUT2D eigenvalue weighted by Gasteiger charge is 2.54. The Labute approximate surface area is 154 Å². The average molecular weight is 358 g/mol. The summed E-state index contributed by atoms with van der Waals surface area (Å²) in [6.07, 6.45) is 0.567. The van der Waals surface area contributed by atoms with Crippen LogP contribution in [-0.4, -0.2) is 47.0 Å². The van der Waals surface area contributed by atoms with Gasteiger partial charge in [-0.25, -0.2) is 4.79 Å². The maximum atomic E-state index is 13.0. The predicted octanol–water partition coefficient (Wildman–Crippen LogP) is 2.76. The zero-order valence-electron chi connectivity index (χ0n) is 16.0. The van der Waals surface area contributed by atoms with Gasteiger partial charge in [-0.05, 0) is 32.3 Å². The summed E-state index contributed by atoms with van der Waals surface area (Å²) in [6.45, 7) is 6.68. The quantitative estimate of drug-likeness (QED) is 0.733. The summed E-state index contributed by atoms with van der Waals surface area (Å²) >= 11 is 0. The van der Waals surface area contributed by atoms with Crippen molar-refractivity contribution in [3.63, 3.8) is 0 Å². The fourth-order valence-electron chi connectivity index (χ4n) is 3.38. The molecule has 6 heteroatoms. The number of carbonyl (C=O) groups excluding carboxylic acids is 4. The van der Waals surface area contributed by atoms with Crippen molar-refractivity contribution in [2.75, 3.05) is 13.6 Å². The van der Waals surface area contributed by atoms with E-state index in [0.29, 0.717) is 0 Å². The molecule has 1 aromatic rings. The normalized spacial score (nSPS) is 17.7. The molecule has 0 radical (unpaired) electrons. The lowest BCUT2D eigenvalue weighted by molar-refractivity contribution is -0.159. The zero-order valence-corrected chi connectivity index (χ0v) is 16.0. The molecule has 1 heterocycles. The van der Waals surface area contributed by atoms with E-state index in [0.717, 1.165) is 15.4 Å². The minimum absolute atomic E-state index is 0.255. The molecule has 1 aliphatic rings. The van der Waals surface area contributed by atoms with E-state index < -0.39 is 28.7 Å². The van der Waals surface area contributed by atoms with Crippen molar-refractivity contribution in [3.05, 3.63) is 35.9 Å². The smallest absolute Gasteiger partial charge is 0.297 e. The van der Waals surface area contributed by atoms with Crippen LogP contribution in [0, 0.1) is 5.41 Å². The number of hydrogen-bond donors (Lipinski definition) is 0. The monoisotopic (exact) mass is 358 g/mol. The molecule has 1 aromatic carbocycles. The van der Waals surface area contributed by atoms with E-state index in [9.17, 15) is 19.2 Å². The van der Waals surface area contributed by atoms with E-state index in [1.54, 1.807) is 27.7 Å². The third-order valence-electron chi connectivity index (χ3n) is 5.59. The number of urea groups is 1. The number of nitrogens with zero attached hydrogens (tertiary/aromatic N) is 2. The van der Waals surface area contributed by atoms with E-state index in [2.05, 4.69) is 0 Å². The van der Waals surface area contributed by atoms with Gasteiger partial charge in [0.05, 0.1) is 12.0 Å². The Morgan fingerprint density at radius 3 is 2.04 bits per heavy atom. The molecule has 0 saturated carbocycles. The van der Waals surface area contributed by atoms with Gasteiger partial charge in [-0.15, -0.1) is 0 Å². The van der Waals surface area contributed by atoms with Crippen molar-refractivity contribution >= 4 is 23.6 Å².